The molecule has 1 rings (SSSR count). The first-order valence-electron chi connectivity index (χ1n) is 5.87. The molecule has 3 nitrogen and oxygen atoms in total. The first kappa shape index (κ1) is 13.4. The maximum absolute atomic E-state index is 11.8. The fraction of sp³-hybridized carbons (Fsp3) is 0.429. The van der Waals surface area contributed by atoms with E-state index in [1.807, 2.05) is 25.1 Å². The Morgan fingerprint density at radius 3 is 2.41 bits per heavy atom. The van der Waals surface area contributed by atoms with Gasteiger partial charge in [0.2, 0.25) is 0 Å². The number of rotatable bonds is 6. The third-order valence-corrected chi connectivity index (χ3v) is 2.45. The first-order chi connectivity index (χ1) is 8.13. The van der Waals surface area contributed by atoms with Crippen molar-refractivity contribution in [1.82, 2.24) is 0 Å². The minimum Gasteiger partial charge on any atom is -0.466 e. The topological polar surface area (TPSA) is 43.4 Å². The van der Waals surface area contributed by atoms with Crippen molar-refractivity contribution in [3.63, 3.8) is 0 Å². The molecule has 0 heterocycles. The predicted octanol–water partition coefficient (Wildman–Crippen LogP) is 2.85. The van der Waals surface area contributed by atoms with Crippen molar-refractivity contribution in [2.24, 2.45) is 5.92 Å². The van der Waals surface area contributed by atoms with Crippen LogP contribution in [0, 0.1) is 5.92 Å². The monoisotopic (exact) mass is 234 g/mol. The molecule has 0 bridgehead atoms. The lowest BCUT2D eigenvalue weighted by Gasteiger charge is -2.09. The zero-order valence-electron chi connectivity index (χ0n) is 10.3. The van der Waals surface area contributed by atoms with Gasteiger partial charge in [0.25, 0.3) is 0 Å². The predicted molar refractivity (Wildman–Crippen MR) is 65.8 cm³/mol. The Balaban J connectivity index is 2.44. The third-order valence-electron chi connectivity index (χ3n) is 2.45. The standard InChI is InChI=1S/C14H18O3/c1-3-17-14(16)10-11(2)9-13(15)12-7-5-4-6-8-12/h4-8,11H,3,9-10H2,1-2H3. The lowest BCUT2D eigenvalue weighted by molar-refractivity contribution is -0.144. The number of ether oxygens (including phenoxy) is 1. The number of carbonyl (C=O) groups is 2. The summed E-state index contributed by atoms with van der Waals surface area (Å²) in [5.74, 6) is -0.148. The van der Waals surface area contributed by atoms with Crippen LogP contribution in [0.2, 0.25) is 0 Å². The van der Waals surface area contributed by atoms with Gasteiger partial charge in [-0.15, -0.1) is 0 Å². The van der Waals surface area contributed by atoms with Crippen molar-refractivity contribution in [3.8, 4) is 0 Å². The lowest BCUT2D eigenvalue weighted by Crippen LogP contribution is -2.13. The Kier molecular flexibility index (Phi) is 5.40. The van der Waals surface area contributed by atoms with Crippen molar-refractivity contribution in [2.75, 3.05) is 6.61 Å². The van der Waals surface area contributed by atoms with E-state index in [0.717, 1.165) is 0 Å². The molecule has 0 saturated heterocycles. The van der Waals surface area contributed by atoms with Gasteiger partial charge in [0, 0.05) is 18.4 Å². The van der Waals surface area contributed by atoms with Gasteiger partial charge in [-0.3, -0.25) is 9.59 Å². The molecule has 0 aliphatic carbocycles. The van der Waals surface area contributed by atoms with Crippen molar-refractivity contribution in [1.29, 1.82) is 0 Å². The van der Waals surface area contributed by atoms with E-state index in [4.69, 9.17) is 4.74 Å². The Morgan fingerprint density at radius 2 is 1.82 bits per heavy atom. The second kappa shape index (κ2) is 6.84. The Labute approximate surface area is 102 Å². The third kappa shape index (κ3) is 4.81. The molecule has 1 aromatic carbocycles. The summed E-state index contributed by atoms with van der Waals surface area (Å²) in [5.41, 5.74) is 0.697. The summed E-state index contributed by atoms with van der Waals surface area (Å²) in [4.78, 5) is 23.1. The second-order valence-electron chi connectivity index (χ2n) is 4.11. The second-order valence-corrected chi connectivity index (χ2v) is 4.11. The SMILES string of the molecule is CCOC(=O)CC(C)CC(=O)c1ccccc1. The van der Waals surface area contributed by atoms with Crippen molar-refractivity contribution in [3.05, 3.63) is 35.9 Å². The maximum atomic E-state index is 11.8. The van der Waals surface area contributed by atoms with Gasteiger partial charge in [-0.05, 0) is 12.8 Å². The van der Waals surface area contributed by atoms with Gasteiger partial charge in [0.1, 0.15) is 0 Å². The van der Waals surface area contributed by atoms with Gasteiger partial charge < -0.3 is 4.74 Å². The van der Waals surface area contributed by atoms with Crippen LogP contribution >= 0.6 is 0 Å². The smallest absolute Gasteiger partial charge is 0.306 e. The van der Waals surface area contributed by atoms with E-state index in [0.29, 0.717) is 25.0 Å². The molecule has 17 heavy (non-hydrogen) atoms. The molecule has 0 saturated carbocycles. The molecule has 0 aliphatic rings. The van der Waals surface area contributed by atoms with Crippen molar-refractivity contribution in [2.45, 2.75) is 26.7 Å². The number of hydrogen-bond acceptors (Lipinski definition) is 3. The summed E-state index contributed by atoms with van der Waals surface area (Å²) >= 11 is 0. The molecule has 0 amide bonds. The van der Waals surface area contributed by atoms with Gasteiger partial charge in [-0.1, -0.05) is 37.3 Å². The molecule has 0 N–H and O–H groups in total. The minimum atomic E-state index is -0.235. The van der Waals surface area contributed by atoms with E-state index >= 15 is 0 Å². The zero-order chi connectivity index (χ0) is 12.7. The molecule has 0 aromatic heterocycles. The highest BCUT2D eigenvalue weighted by atomic mass is 16.5. The molecular weight excluding hydrogens is 216 g/mol. The number of esters is 1. The molecule has 1 unspecified atom stereocenters. The average Bonchev–Trinajstić information content (AvgIpc) is 2.30. The van der Waals surface area contributed by atoms with Crippen molar-refractivity contribution >= 4 is 11.8 Å². The largest absolute Gasteiger partial charge is 0.466 e. The van der Waals surface area contributed by atoms with E-state index in [1.54, 1.807) is 19.1 Å². The van der Waals surface area contributed by atoms with E-state index < -0.39 is 0 Å². The van der Waals surface area contributed by atoms with Crippen LogP contribution in [0.25, 0.3) is 0 Å². The van der Waals surface area contributed by atoms with Gasteiger partial charge in [-0.2, -0.15) is 0 Å². The van der Waals surface area contributed by atoms with Gasteiger partial charge >= 0.3 is 5.97 Å². The van der Waals surface area contributed by atoms with Crippen LogP contribution in [0.1, 0.15) is 37.0 Å². The zero-order valence-corrected chi connectivity index (χ0v) is 10.3. The van der Waals surface area contributed by atoms with Crippen LogP contribution in [0.3, 0.4) is 0 Å². The molecule has 3 heteroatoms. The summed E-state index contributed by atoms with van der Waals surface area (Å²) in [5, 5.41) is 0. The number of hydrogen-bond donors (Lipinski definition) is 0. The van der Waals surface area contributed by atoms with Crippen LogP contribution in [-0.4, -0.2) is 18.4 Å². The highest BCUT2D eigenvalue weighted by Crippen LogP contribution is 2.13. The highest BCUT2D eigenvalue weighted by molar-refractivity contribution is 5.96. The fourth-order valence-electron chi connectivity index (χ4n) is 1.63. The fourth-order valence-corrected chi connectivity index (χ4v) is 1.63. The Morgan fingerprint density at radius 1 is 1.18 bits per heavy atom. The quantitative estimate of drug-likeness (QED) is 0.561. The minimum absolute atomic E-state index is 0.0155. The molecular formula is C14H18O3. The highest BCUT2D eigenvalue weighted by Gasteiger charge is 2.14. The molecule has 0 fully saturated rings. The van der Waals surface area contributed by atoms with Crippen LogP contribution < -0.4 is 0 Å². The van der Waals surface area contributed by atoms with E-state index in [9.17, 15) is 9.59 Å². The lowest BCUT2D eigenvalue weighted by atomic mass is 9.97. The van der Waals surface area contributed by atoms with E-state index in [-0.39, 0.29) is 17.7 Å². The first-order valence-corrected chi connectivity index (χ1v) is 5.87. The normalized spacial score (nSPS) is 11.9. The molecule has 0 spiro atoms. The molecule has 0 aliphatic heterocycles. The van der Waals surface area contributed by atoms with Crippen LogP contribution in [0.4, 0.5) is 0 Å². The summed E-state index contributed by atoms with van der Waals surface area (Å²) in [6.07, 6.45) is 0.676. The Bertz CT molecular complexity index is 370. The summed E-state index contributed by atoms with van der Waals surface area (Å²) in [6, 6.07) is 9.13. The van der Waals surface area contributed by atoms with Crippen molar-refractivity contribution < 1.29 is 14.3 Å². The van der Waals surface area contributed by atoms with E-state index in [2.05, 4.69) is 0 Å². The molecule has 1 atom stereocenters. The van der Waals surface area contributed by atoms with Crippen LogP contribution in [0.15, 0.2) is 30.3 Å². The molecule has 0 radical (unpaired) electrons. The van der Waals surface area contributed by atoms with Crippen LogP contribution in [-0.2, 0) is 9.53 Å². The molecule has 92 valence electrons. The van der Waals surface area contributed by atoms with E-state index in [1.165, 1.54) is 0 Å². The Hall–Kier alpha value is -1.64. The van der Waals surface area contributed by atoms with Crippen LogP contribution in [0.5, 0.6) is 0 Å². The number of ketones is 1. The number of benzene rings is 1. The summed E-state index contributed by atoms with van der Waals surface area (Å²) in [7, 11) is 0. The number of Topliss-reactive ketones (excluding diaryl/α,β-unsaturated/α-hetero) is 1. The van der Waals surface area contributed by atoms with Gasteiger partial charge in [-0.25, -0.2) is 0 Å². The summed E-state index contributed by atoms with van der Waals surface area (Å²) < 4.78 is 4.85. The van der Waals surface area contributed by atoms with Gasteiger partial charge in [0.05, 0.1) is 6.61 Å². The maximum Gasteiger partial charge on any atom is 0.306 e. The number of carbonyl (C=O) groups excluding carboxylic acids is 2. The molecule has 1 aromatic rings. The average molecular weight is 234 g/mol. The summed E-state index contributed by atoms with van der Waals surface area (Å²) in [6.45, 7) is 4.05. The van der Waals surface area contributed by atoms with Gasteiger partial charge in [0.15, 0.2) is 5.78 Å².